The Kier molecular flexibility index (Phi) is 0.673. The first-order valence-electron chi connectivity index (χ1n) is 1.19. The monoisotopic (exact) mass is 87.0 g/mol. The molecule has 1 rings (SSSR count). The third-order valence-corrected chi connectivity index (χ3v) is 0.726. The molecule has 0 atom stereocenters. The van der Waals surface area contributed by atoms with Gasteiger partial charge < -0.3 is 4.52 Å². The van der Waals surface area contributed by atoms with Crippen LogP contribution in [0.1, 0.15) is 0 Å². The molecule has 0 spiro atoms. The molecule has 26 valence electrons. The van der Waals surface area contributed by atoms with Crippen molar-refractivity contribution < 1.29 is 4.52 Å². The molecule has 0 bridgehead atoms. The Balaban J connectivity index is 3.13. The van der Waals surface area contributed by atoms with Crippen molar-refractivity contribution in [1.82, 2.24) is 5.16 Å². The van der Waals surface area contributed by atoms with E-state index in [2.05, 4.69) is 9.68 Å². The van der Waals surface area contributed by atoms with Gasteiger partial charge in [-0.15, -0.1) is 0 Å². The molecule has 0 aliphatic carbocycles. The summed E-state index contributed by atoms with van der Waals surface area (Å²) in [5.74, 6) is 3.29. The Bertz CT molecular complexity index is 66.1. The zero-order valence-corrected chi connectivity index (χ0v) is 3.35. The summed E-state index contributed by atoms with van der Waals surface area (Å²) >= 11 is 0. The molecule has 1 aromatic rings. The maximum atomic E-state index is 4.38. The fourth-order valence-corrected chi connectivity index (χ4v) is 0.408. The molecule has 0 saturated heterocycles. The number of hydrogen-bond acceptors (Lipinski definition) is 2. The standard InChI is InChI=1S/C2H2NOP/c1-3-4-2-5-1/h1-2H. The lowest BCUT2D eigenvalue weighted by molar-refractivity contribution is 0.422. The third-order valence-electron chi connectivity index (χ3n) is 0.283. The molecule has 0 radical (unpaired) electrons. The molecular weight excluding hydrogens is 85.0 g/mol. The van der Waals surface area contributed by atoms with Gasteiger partial charge in [-0.25, -0.2) is 0 Å². The number of hydrogen-bond donors (Lipinski definition) is 0. The van der Waals surface area contributed by atoms with Gasteiger partial charge in [0.15, 0.2) is 0 Å². The van der Waals surface area contributed by atoms with Crippen molar-refractivity contribution in [3.05, 3.63) is 11.9 Å². The van der Waals surface area contributed by atoms with Crippen molar-refractivity contribution in [2.24, 2.45) is 0 Å². The topological polar surface area (TPSA) is 26.0 Å². The van der Waals surface area contributed by atoms with Crippen LogP contribution >= 0.6 is 8.19 Å². The normalized spacial score (nSPS) is 9.60. The van der Waals surface area contributed by atoms with E-state index in [9.17, 15) is 0 Å². The van der Waals surface area contributed by atoms with Gasteiger partial charge in [-0.2, -0.15) is 0 Å². The van der Waals surface area contributed by atoms with Crippen molar-refractivity contribution >= 4 is 8.19 Å². The summed E-state index contributed by atoms with van der Waals surface area (Å²) in [5, 5.41) is 3.39. The SMILES string of the molecule is c1nocp1. The van der Waals surface area contributed by atoms with Gasteiger partial charge in [-0.3, -0.25) is 0 Å². The number of aromatic nitrogens is 1. The Morgan fingerprint density at radius 2 is 2.80 bits per heavy atom. The summed E-state index contributed by atoms with van der Waals surface area (Å²) in [5.41, 5.74) is 0. The Morgan fingerprint density at radius 1 is 1.80 bits per heavy atom. The molecule has 0 amide bonds. The minimum atomic E-state index is 1.05. The molecular formula is C2H2NOP. The summed E-state index contributed by atoms with van der Waals surface area (Å²) in [4.78, 5) is 0. The second-order valence-corrected chi connectivity index (χ2v) is 1.32. The Hall–Kier alpha value is -0.360. The maximum absolute atomic E-state index is 4.38. The van der Waals surface area contributed by atoms with E-state index in [1.807, 2.05) is 0 Å². The van der Waals surface area contributed by atoms with E-state index in [1.54, 1.807) is 11.9 Å². The van der Waals surface area contributed by atoms with Crippen molar-refractivity contribution in [3.63, 3.8) is 0 Å². The molecule has 0 fully saturated rings. The minimum absolute atomic E-state index is 1.05. The zero-order chi connectivity index (χ0) is 3.54. The van der Waals surface area contributed by atoms with Gasteiger partial charge in [0.05, 0.1) is 5.93 Å². The second-order valence-electron chi connectivity index (χ2n) is 0.581. The first-order valence-corrected chi connectivity index (χ1v) is 2.23. The average Bonchev–Trinajstić information content (AvgIpc) is 1.76. The first-order chi connectivity index (χ1) is 2.50. The summed E-state index contributed by atoms with van der Waals surface area (Å²) in [6.45, 7) is 0. The molecule has 0 aromatic carbocycles. The molecule has 0 aliphatic rings. The molecule has 1 aromatic heterocycles. The van der Waals surface area contributed by atoms with Crippen molar-refractivity contribution in [1.29, 1.82) is 0 Å². The quantitative estimate of drug-likeness (QED) is 0.476. The molecule has 3 heteroatoms. The van der Waals surface area contributed by atoms with Gasteiger partial charge in [0.2, 0.25) is 0 Å². The van der Waals surface area contributed by atoms with Crippen LogP contribution in [0.15, 0.2) is 16.4 Å². The van der Waals surface area contributed by atoms with Crippen molar-refractivity contribution in [3.8, 4) is 0 Å². The van der Waals surface area contributed by atoms with Crippen LogP contribution in [-0.4, -0.2) is 5.16 Å². The highest BCUT2D eigenvalue weighted by Gasteiger charge is 1.61. The predicted octanol–water partition coefficient (Wildman–Crippen LogP) is 1.25. The highest BCUT2D eigenvalue weighted by Crippen LogP contribution is 1.95. The van der Waals surface area contributed by atoms with Gasteiger partial charge in [-0.05, 0) is 8.19 Å². The van der Waals surface area contributed by atoms with Gasteiger partial charge in [-0.1, -0.05) is 5.16 Å². The van der Waals surface area contributed by atoms with E-state index in [-0.39, 0.29) is 0 Å². The maximum Gasteiger partial charge on any atom is 0.149 e. The van der Waals surface area contributed by atoms with Crippen LogP contribution in [0.2, 0.25) is 0 Å². The Labute approximate surface area is 30.9 Å². The highest BCUT2D eigenvalue weighted by molar-refractivity contribution is 7.27. The van der Waals surface area contributed by atoms with Crippen LogP contribution in [0.5, 0.6) is 0 Å². The number of rotatable bonds is 0. The summed E-state index contributed by atoms with van der Waals surface area (Å²) in [7, 11) is 1.05. The largest absolute Gasteiger partial charge is 0.360 e. The van der Waals surface area contributed by atoms with E-state index >= 15 is 0 Å². The molecule has 2 nitrogen and oxygen atoms in total. The minimum Gasteiger partial charge on any atom is -0.360 e. The van der Waals surface area contributed by atoms with Crippen molar-refractivity contribution in [2.75, 3.05) is 0 Å². The summed E-state index contributed by atoms with van der Waals surface area (Å²) < 4.78 is 4.38. The van der Waals surface area contributed by atoms with Crippen LogP contribution in [0.25, 0.3) is 0 Å². The van der Waals surface area contributed by atoms with Gasteiger partial charge >= 0.3 is 0 Å². The van der Waals surface area contributed by atoms with E-state index in [1.165, 1.54) is 0 Å². The van der Waals surface area contributed by atoms with E-state index in [0.29, 0.717) is 0 Å². The zero-order valence-electron chi connectivity index (χ0n) is 2.46. The van der Waals surface area contributed by atoms with Crippen LogP contribution in [-0.2, 0) is 0 Å². The van der Waals surface area contributed by atoms with Crippen LogP contribution in [0.3, 0.4) is 0 Å². The predicted molar refractivity (Wildman–Crippen MR) is 19.0 cm³/mol. The smallest absolute Gasteiger partial charge is 0.149 e. The lowest BCUT2D eigenvalue weighted by Gasteiger charge is -1.47. The van der Waals surface area contributed by atoms with Gasteiger partial charge in [0.1, 0.15) is 5.99 Å². The van der Waals surface area contributed by atoms with Crippen molar-refractivity contribution in [2.45, 2.75) is 0 Å². The van der Waals surface area contributed by atoms with E-state index in [0.717, 1.165) is 8.19 Å². The van der Waals surface area contributed by atoms with Gasteiger partial charge in [0, 0.05) is 0 Å². The van der Waals surface area contributed by atoms with Crippen LogP contribution < -0.4 is 0 Å². The lowest BCUT2D eigenvalue weighted by atomic mass is 11.7. The molecule has 0 aliphatic heterocycles. The highest BCUT2D eigenvalue weighted by atomic mass is 31.0. The van der Waals surface area contributed by atoms with E-state index in [4.69, 9.17) is 0 Å². The molecule has 0 N–H and O–H groups in total. The fourth-order valence-electron chi connectivity index (χ4n) is 0.136. The summed E-state index contributed by atoms with van der Waals surface area (Å²) in [6, 6.07) is 0. The van der Waals surface area contributed by atoms with Crippen LogP contribution in [0.4, 0.5) is 0 Å². The Morgan fingerprint density at radius 3 is 3.00 bits per heavy atom. The molecule has 5 heavy (non-hydrogen) atoms. The average molecular weight is 87.0 g/mol. The van der Waals surface area contributed by atoms with Crippen LogP contribution in [0, 0.1) is 0 Å². The van der Waals surface area contributed by atoms with Gasteiger partial charge in [0.25, 0.3) is 0 Å². The fraction of sp³-hybridized carbons (Fsp3) is 0. The summed E-state index contributed by atoms with van der Waals surface area (Å²) in [6.07, 6.45) is 0. The molecule has 1 heterocycles. The van der Waals surface area contributed by atoms with E-state index < -0.39 is 0 Å². The molecule has 0 unspecified atom stereocenters. The lowest BCUT2D eigenvalue weighted by Crippen LogP contribution is -1.38. The second kappa shape index (κ2) is 1.18. The molecule has 0 saturated carbocycles. The number of nitrogens with zero attached hydrogens (tertiary/aromatic N) is 1. The third kappa shape index (κ3) is 0.455. The first kappa shape index (κ1) is 2.86.